The van der Waals surface area contributed by atoms with Gasteiger partial charge in [-0.2, -0.15) is 0 Å². The molecule has 0 spiro atoms. The Morgan fingerprint density at radius 1 is 1.40 bits per heavy atom. The molecule has 0 aromatic rings. The van der Waals surface area contributed by atoms with Crippen LogP contribution < -0.4 is 5.32 Å². The summed E-state index contributed by atoms with van der Waals surface area (Å²) in [5, 5.41) is 12.6. The first kappa shape index (κ1) is 12.9. The van der Waals surface area contributed by atoms with E-state index >= 15 is 0 Å². The quantitative estimate of drug-likeness (QED) is 0.677. The Kier molecular flexibility index (Phi) is 5.03. The lowest BCUT2D eigenvalue weighted by Crippen LogP contribution is -2.46. The van der Waals surface area contributed by atoms with Gasteiger partial charge in [-0.3, -0.25) is 0 Å². The van der Waals surface area contributed by atoms with Gasteiger partial charge in [-0.1, -0.05) is 6.42 Å². The highest BCUT2D eigenvalue weighted by Gasteiger charge is 2.36. The summed E-state index contributed by atoms with van der Waals surface area (Å²) in [5.74, 6) is 0. The maximum atomic E-state index is 9.03. The first-order valence-corrected chi connectivity index (χ1v) is 6.00. The van der Waals surface area contributed by atoms with E-state index in [0.29, 0.717) is 18.1 Å². The molecular formula is C12H25NO2. The number of hydrogen-bond donors (Lipinski definition) is 2. The Labute approximate surface area is 93.2 Å². The maximum Gasteiger partial charge on any atom is 0.0693 e. The van der Waals surface area contributed by atoms with E-state index in [-0.39, 0.29) is 6.10 Å². The molecule has 1 fully saturated rings. The predicted molar refractivity (Wildman–Crippen MR) is 61.9 cm³/mol. The zero-order valence-electron chi connectivity index (χ0n) is 10.3. The van der Waals surface area contributed by atoms with Crippen molar-refractivity contribution in [1.29, 1.82) is 0 Å². The van der Waals surface area contributed by atoms with E-state index in [1.165, 1.54) is 19.3 Å². The zero-order chi connectivity index (χ0) is 11.3. The first-order valence-electron chi connectivity index (χ1n) is 6.00. The molecule has 2 N–H and O–H groups in total. The Morgan fingerprint density at radius 2 is 2.07 bits per heavy atom. The van der Waals surface area contributed by atoms with Crippen molar-refractivity contribution >= 4 is 0 Å². The maximum absolute atomic E-state index is 9.03. The third kappa shape index (κ3) is 3.44. The first-order chi connectivity index (χ1) is 7.13. The van der Waals surface area contributed by atoms with Gasteiger partial charge in [0.25, 0.3) is 0 Å². The third-order valence-electron chi connectivity index (χ3n) is 3.93. The highest BCUT2D eigenvalue weighted by molar-refractivity contribution is 4.90. The van der Waals surface area contributed by atoms with Crippen molar-refractivity contribution in [3.05, 3.63) is 0 Å². The van der Waals surface area contributed by atoms with Crippen molar-refractivity contribution in [2.75, 3.05) is 20.3 Å². The molecule has 2 unspecified atom stereocenters. The molecule has 2 atom stereocenters. The smallest absolute Gasteiger partial charge is 0.0693 e. The standard InChI is InChI=1S/C12H25NO2/c1-10(11(2)15-3)13-9-12(7-8-14)5-4-6-12/h10-11,13-14H,4-9H2,1-3H3. The Bertz CT molecular complexity index is 180. The summed E-state index contributed by atoms with van der Waals surface area (Å²) in [6.07, 6.45) is 5.02. The molecule has 0 amide bonds. The van der Waals surface area contributed by atoms with Gasteiger partial charge >= 0.3 is 0 Å². The minimum atomic E-state index is 0.247. The molecule has 0 heterocycles. The van der Waals surface area contributed by atoms with Crippen molar-refractivity contribution in [2.24, 2.45) is 5.41 Å². The number of methoxy groups -OCH3 is 1. The van der Waals surface area contributed by atoms with E-state index in [1.54, 1.807) is 7.11 Å². The molecule has 0 radical (unpaired) electrons. The summed E-state index contributed by atoms with van der Waals surface area (Å²) >= 11 is 0. The molecule has 15 heavy (non-hydrogen) atoms. The van der Waals surface area contributed by atoms with Crippen molar-refractivity contribution in [1.82, 2.24) is 5.32 Å². The largest absolute Gasteiger partial charge is 0.396 e. The van der Waals surface area contributed by atoms with Gasteiger partial charge in [0, 0.05) is 26.3 Å². The van der Waals surface area contributed by atoms with Gasteiger partial charge in [-0.25, -0.2) is 0 Å². The van der Waals surface area contributed by atoms with Crippen molar-refractivity contribution in [2.45, 2.75) is 51.7 Å². The monoisotopic (exact) mass is 215 g/mol. The van der Waals surface area contributed by atoms with Crippen LogP contribution in [0.3, 0.4) is 0 Å². The minimum Gasteiger partial charge on any atom is -0.396 e. The van der Waals surface area contributed by atoms with E-state index in [9.17, 15) is 0 Å². The number of rotatable bonds is 7. The molecule has 1 rings (SSSR count). The molecule has 3 heteroatoms. The van der Waals surface area contributed by atoms with Crippen LogP contribution >= 0.6 is 0 Å². The molecule has 0 bridgehead atoms. The van der Waals surface area contributed by atoms with E-state index in [2.05, 4.69) is 19.2 Å². The molecule has 3 nitrogen and oxygen atoms in total. The summed E-state index contributed by atoms with van der Waals surface area (Å²) in [4.78, 5) is 0. The van der Waals surface area contributed by atoms with Gasteiger partial charge < -0.3 is 15.2 Å². The van der Waals surface area contributed by atoms with Crippen LogP contribution in [0.15, 0.2) is 0 Å². The molecule has 0 saturated heterocycles. The minimum absolute atomic E-state index is 0.247. The highest BCUT2D eigenvalue weighted by atomic mass is 16.5. The van der Waals surface area contributed by atoms with Crippen molar-refractivity contribution < 1.29 is 9.84 Å². The van der Waals surface area contributed by atoms with Crippen molar-refractivity contribution in [3.8, 4) is 0 Å². The van der Waals surface area contributed by atoms with Crippen LogP contribution in [0.2, 0.25) is 0 Å². The van der Waals surface area contributed by atoms with Gasteiger partial charge in [-0.15, -0.1) is 0 Å². The van der Waals surface area contributed by atoms with Crippen LogP contribution in [-0.2, 0) is 4.74 Å². The lowest BCUT2D eigenvalue weighted by molar-refractivity contribution is 0.0565. The average Bonchev–Trinajstić information content (AvgIpc) is 2.20. The fourth-order valence-corrected chi connectivity index (χ4v) is 2.18. The number of aliphatic hydroxyl groups is 1. The van der Waals surface area contributed by atoms with E-state index in [0.717, 1.165) is 13.0 Å². The van der Waals surface area contributed by atoms with Crippen LogP contribution in [0, 0.1) is 5.41 Å². The second-order valence-corrected chi connectivity index (χ2v) is 4.94. The Morgan fingerprint density at radius 3 is 2.47 bits per heavy atom. The van der Waals surface area contributed by atoms with Gasteiger partial charge in [-0.05, 0) is 38.5 Å². The lowest BCUT2D eigenvalue weighted by Gasteiger charge is -2.43. The van der Waals surface area contributed by atoms with Crippen LogP contribution in [-0.4, -0.2) is 37.5 Å². The molecule has 1 saturated carbocycles. The lowest BCUT2D eigenvalue weighted by atomic mass is 9.66. The van der Waals surface area contributed by atoms with Crippen LogP contribution in [0.25, 0.3) is 0 Å². The molecule has 0 aromatic heterocycles. The number of hydrogen-bond acceptors (Lipinski definition) is 3. The van der Waals surface area contributed by atoms with Gasteiger partial charge in [0.2, 0.25) is 0 Å². The highest BCUT2D eigenvalue weighted by Crippen LogP contribution is 2.43. The number of nitrogens with one attached hydrogen (secondary N) is 1. The molecule has 90 valence electrons. The fraction of sp³-hybridized carbons (Fsp3) is 1.00. The van der Waals surface area contributed by atoms with Gasteiger partial charge in [0.15, 0.2) is 0 Å². The average molecular weight is 215 g/mol. The fourth-order valence-electron chi connectivity index (χ4n) is 2.18. The summed E-state index contributed by atoms with van der Waals surface area (Å²) in [5.41, 5.74) is 0.371. The van der Waals surface area contributed by atoms with Crippen LogP contribution in [0.4, 0.5) is 0 Å². The Balaban J connectivity index is 2.28. The van der Waals surface area contributed by atoms with E-state index < -0.39 is 0 Å². The summed E-state index contributed by atoms with van der Waals surface area (Å²) in [7, 11) is 1.75. The molecular weight excluding hydrogens is 190 g/mol. The SMILES string of the molecule is COC(C)C(C)NCC1(CCO)CCC1. The van der Waals surface area contributed by atoms with E-state index in [4.69, 9.17) is 9.84 Å². The molecule has 1 aliphatic rings. The summed E-state index contributed by atoms with van der Waals surface area (Å²) in [6.45, 7) is 5.56. The Hall–Kier alpha value is -0.120. The predicted octanol–water partition coefficient (Wildman–Crippen LogP) is 1.55. The van der Waals surface area contributed by atoms with Crippen LogP contribution in [0.1, 0.15) is 39.5 Å². The van der Waals surface area contributed by atoms with Gasteiger partial charge in [0.05, 0.1) is 6.10 Å². The second kappa shape index (κ2) is 5.83. The number of aliphatic hydroxyl groups excluding tert-OH is 1. The second-order valence-electron chi connectivity index (χ2n) is 4.94. The van der Waals surface area contributed by atoms with Crippen molar-refractivity contribution in [3.63, 3.8) is 0 Å². The number of ether oxygens (including phenoxy) is 1. The molecule has 1 aliphatic carbocycles. The molecule has 0 aromatic carbocycles. The van der Waals surface area contributed by atoms with Crippen LogP contribution in [0.5, 0.6) is 0 Å². The third-order valence-corrected chi connectivity index (χ3v) is 3.93. The van der Waals surface area contributed by atoms with Gasteiger partial charge in [0.1, 0.15) is 0 Å². The topological polar surface area (TPSA) is 41.5 Å². The summed E-state index contributed by atoms with van der Waals surface area (Å²) < 4.78 is 5.28. The van der Waals surface area contributed by atoms with E-state index in [1.807, 2.05) is 0 Å². The molecule has 0 aliphatic heterocycles. The zero-order valence-corrected chi connectivity index (χ0v) is 10.3. The summed E-state index contributed by atoms with van der Waals surface area (Å²) in [6, 6.07) is 0.381. The normalized spacial score (nSPS) is 23.2.